The summed E-state index contributed by atoms with van der Waals surface area (Å²) in [7, 11) is 0. The number of hydrazine groups is 1. The van der Waals surface area contributed by atoms with Crippen LogP contribution in [-0.2, 0) is 48.8 Å². The Hall–Kier alpha value is -0.816. The molecule has 2 aliphatic rings. The van der Waals surface area contributed by atoms with Crippen molar-refractivity contribution in [2.75, 3.05) is 18.3 Å². The molecule has 169 valence electrons. The smallest absolute Gasteiger partial charge is 0.261 e. The summed E-state index contributed by atoms with van der Waals surface area (Å²) >= 11 is 6.30. The number of alkyl halides is 1. The quantitative estimate of drug-likeness (QED) is 0.373. The van der Waals surface area contributed by atoms with E-state index in [1.807, 2.05) is 53.5 Å². The third-order valence-corrected chi connectivity index (χ3v) is 6.84. The van der Waals surface area contributed by atoms with Gasteiger partial charge in [0.2, 0.25) is 0 Å². The van der Waals surface area contributed by atoms with E-state index in [1.165, 1.54) is 6.42 Å². The van der Waals surface area contributed by atoms with Gasteiger partial charge < -0.3 is 9.84 Å². The average molecular weight is 531 g/mol. The zero-order valence-electron chi connectivity index (χ0n) is 18.5. The number of ether oxygens (including phenoxy) is 1. The molecule has 1 saturated carbocycles. The first-order valence-electron chi connectivity index (χ1n) is 11.1. The second-order valence-corrected chi connectivity index (χ2v) is 9.19. The van der Waals surface area contributed by atoms with Crippen LogP contribution >= 0.6 is 11.6 Å². The zero-order chi connectivity index (χ0) is 21.8. The van der Waals surface area contributed by atoms with Gasteiger partial charge >= 0.3 is 0 Å². The zero-order valence-corrected chi connectivity index (χ0v) is 22.1. The van der Waals surface area contributed by atoms with Crippen LogP contribution in [0.4, 0.5) is 5.69 Å². The fraction of sp³-hybridized carbons (Fsp3) is 0.480. The number of halogens is 1. The molecule has 4 rings (SSSR count). The fourth-order valence-electron chi connectivity index (χ4n) is 4.78. The SMILES string of the molecule is CCCC1(C(O)c2cccc(N3C(=O)C(Cl)CN3COCc3c[c-]ccc3)c2)CCC1.[Y]. The maximum Gasteiger partial charge on any atom is 0.261 e. The Morgan fingerprint density at radius 1 is 1.31 bits per heavy atom. The maximum atomic E-state index is 12.8. The first-order valence-corrected chi connectivity index (χ1v) is 11.5. The summed E-state index contributed by atoms with van der Waals surface area (Å²) in [6.07, 6.45) is 4.82. The number of aliphatic hydroxyl groups is 1. The van der Waals surface area contributed by atoms with E-state index in [4.69, 9.17) is 16.3 Å². The molecular formula is C25H30ClN2O3Y-. The largest absolute Gasteiger partial charge is 0.388 e. The normalized spacial score (nSPS) is 21.2. The van der Waals surface area contributed by atoms with Gasteiger partial charge in [0.15, 0.2) is 0 Å². The standard InChI is InChI=1S/C25H30ClN2O3.Y/c1-2-12-25(13-7-14-25)23(29)20-10-6-11-21(15-20)28-24(30)22(26)16-27(28)18-31-17-19-8-4-3-5-9-19;/h3-4,6,8-11,15,22-23,29H,2,7,12-14,16-18H2,1H3;/q-1;. The van der Waals surface area contributed by atoms with E-state index in [0.29, 0.717) is 18.8 Å². The third kappa shape index (κ3) is 5.46. The molecule has 2 fully saturated rings. The Bertz CT molecular complexity index is 894. The van der Waals surface area contributed by atoms with Crippen LogP contribution < -0.4 is 5.01 Å². The van der Waals surface area contributed by atoms with E-state index in [2.05, 4.69) is 13.0 Å². The molecule has 1 N–H and O–H groups in total. The number of carbonyl (C=O) groups excluding carboxylic acids is 1. The van der Waals surface area contributed by atoms with E-state index >= 15 is 0 Å². The number of aliphatic hydroxyl groups excluding tert-OH is 1. The summed E-state index contributed by atoms with van der Waals surface area (Å²) in [5.41, 5.74) is 2.56. The summed E-state index contributed by atoms with van der Waals surface area (Å²) in [5.74, 6) is -0.170. The molecule has 0 aromatic heterocycles. The summed E-state index contributed by atoms with van der Waals surface area (Å²) in [6.45, 7) is 3.23. The van der Waals surface area contributed by atoms with Gasteiger partial charge in [-0.05, 0) is 37.0 Å². The molecule has 1 radical (unpaired) electrons. The van der Waals surface area contributed by atoms with Gasteiger partial charge in [-0.1, -0.05) is 31.9 Å². The van der Waals surface area contributed by atoms with Gasteiger partial charge in [-0.2, -0.15) is 35.3 Å². The van der Waals surface area contributed by atoms with Gasteiger partial charge in [-0.15, -0.1) is 17.2 Å². The Balaban J connectivity index is 0.00000289. The number of hydrogen-bond acceptors (Lipinski definition) is 4. The van der Waals surface area contributed by atoms with E-state index in [-0.39, 0.29) is 50.8 Å². The minimum Gasteiger partial charge on any atom is -0.388 e. The molecule has 2 atom stereocenters. The van der Waals surface area contributed by atoms with Crippen molar-refractivity contribution in [2.24, 2.45) is 5.41 Å². The molecule has 0 bridgehead atoms. The van der Waals surface area contributed by atoms with Crippen LogP contribution in [0.25, 0.3) is 0 Å². The molecule has 5 nitrogen and oxygen atoms in total. The Morgan fingerprint density at radius 3 is 2.78 bits per heavy atom. The van der Waals surface area contributed by atoms with Gasteiger partial charge in [-0.25, -0.2) is 5.01 Å². The summed E-state index contributed by atoms with van der Waals surface area (Å²) in [4.78, 5) is 12.8. The number of amides is 1. The number of hydrogen-bond donors (Lipinski definition) is 1. The first kappa shape index (κ1) is 25.8. The van der Waals surface area contributed by atoms with E-state index in [0.717, 1.165) is 36.8 Å². The van der Waals surface area contributed by atoms with Gasteiger partial charge in [0, 0.05) is 51.3 Å². The van der Waals surface area contributed by atoms with Crippen molar-refractivity contribution in [3.05, 3.63) is 65.7 Å². The number of rotatable bonds is 9. The van der Waals surface area contributed by atoms with E-state index < -0.39 is 11.5 Å². The molecule has 32 heavy (non-hydrogen) atoms. The fourth-order valence-corrected chi connectivity index (χ4v) is 5.03. The van der Waals surface area contributed by atoms with Crippen LogP contribution in [0, 0.1) is 11.5 Å². The van der Waals surface area contributed by atoms with Crippen molar-refractivity contribution in [1.29, 1.82) is 0 Å². The molecule has 1 amide bonds. The Kier molecular flexibility index (Phi) is 9.31. The van der Waals surface area contributed by atoms with Crippen LogP contribution in [0.5, 0.6) is 0 Å². The molecule has 0 spiro atoms. The third-order valence-electron chi connectivity index (χ3n) is 6.52. The summed E-state index contributed by atoms with van der Waals surface area (Å²) in [6, 6.07) is 18.3. The summed E-state index contributed by atoms with van der Waals surface area (Å²) < 4.78 is 5.85. The van der Waals surface area contributed by atoms with Gasteiger partial charge in [0.05, 0.1) is 11.8 Å². The molecule has 1 heterocycles. The predicted molar refractivity (Wildman–Crippen MR) is 121 cm³/mol. The van der Waals surface area contributed by atoms with Gasteiger partial charge in [0.1, 0.15) is 12.1 Å². The number of benzene rings is 2. The Morgan fingerprint density at radius 2 is 2.12 bits per heavy atom. The monoisotopic (exact) mass is 530 g/mol. The van der Waals surface area contributed by atoms with E-state index in [1.54, 1.807) is 5.01 Å². The molecule has 1 aliphatic carbocycles. The molecule has 2 aromatic rings. The Labute approximate surface area is 220 Å². The van der Waals surface area contributed by atoms with Crippen LogP contribution in [0.2, 0.25) is 0 Å². The first-order chi connectivity index (χ1) is 15.0. The molecular weight excluding hydrogens is 501 g/mol. The van der Waals surface area contributed by atoms with E-state index in [9.17, 15) is 9.90 Å². The van der Waals surface area contributed by atoms with Gasteiger partial charge in [-0.3, -0.25) is 4.79 Å². The van der Waals surface area contributed by atoms with Crippen molar-refractivity contribution in [3.63, 3.8) is 0 Å². The maximum absolute atomic E-state index is 12.8. The predicted octanol–water partition coefficient (Wildman–Crippen LogP) is 4.83. The minimum atomic E-state index is -0.625. The van der Waals surface area contributed by atoms with Crippen molar-refractivity contribution in [2.45, 2.75) is 57.1 Å². The molecule has 7 heteroatoms. The van der Waals surface area contributed by atoms with Crippen molar-refractivity contribution >= 4 is 23.2 Å². The number of anilines is 1. The van der Waals surface area contributed by atoms with Gasteiger partial charge in [0.25, 0.3) is 5.91 Å². The average Bonchev–Trinajstić information content (AvgIpc) is 3.04. The van der Waals surface area contributed by atoms with Crippen LogP contribution in [0.1, 0.15) is 56.3 Å². The number of carbonyl (C=O) groups is 1. The van der Waals surface area contributed by atoms with Crippen LogP contribution in [0.15, 0.2) is 48.5 Å². The second-order valence-electron chi connectivity index (χ2n) is 8.66. The molecule has 2 unspecified atom stereocenters. The van der Waals surface area contributed by atoms with Crippen molar-refractivity contribution < 1.29 is 47.3 Å². The summed E-state index contributed by atoms with van der Waals surface area (Å²) in [5, 5.41) is 14.0. The molecule has 1 aliphatic heterocycles. The van der Waals surface area contributed by atoms with Crippen LogP contribution in [-0.4, -0.2) is 34.7 Å². The van der Waals surface area contributed by atoms with Crippen molar-refractivity contribution in [3.8, 4) is 0 Å². The molecule has 2 aromatic carbocycles. The molecule has 1 saturated heterocycles. The van der Waals surface area contributed by atoms with Crippen LogP contribution in [0.3, 0.4) is 0 Å². The number of nitrogens with zero attached hydrogens (tertiary/aromatic N) is 2. The topological polar surface area (TPSA) is 53.0 Å². The second kappa shape index (κ2) is 11.5. The minimum absolute atomic E-state index is 0. The van der Waals surface area contributed by atoms with Crippen molar-refractivity contribution in [1.82, 2.24) is 5.01 Å².